The molecule has 9 heteroatoms. The molecule has 8 nitrogen and oxygen atoms in total. The van der Waals surface area contributed by atoms with Gasteiger partial charge >= 0.3 is 13.6 Å². The third kappa shape index (κ3) is 2.52. The van der Waals surface area contributed by atoms with Gasteiger partial charge in [0.15, 0.2) is 11.5 Å². The van der Waals surface area contributed by atoms with Crippen LogP contribution in [0.1, 0.15) is 11.7 Å². The van der Waals surface area contributed by atoms with Crippen LogP contribution in [0.4, 0.5) is 0 Å². The smallest absolute Gasteiger partial charge is 0.374 e. The average Bonchev–Trinajstić information content (AvgIpc) is 2.71. The van der Waals surface area contributed by atoms with Gasteiger partial charge in [-0.15, -0.1) is 0 Å². The lowest BCUT2D eigenvalue weighted by Crippen LogP contribution is -2.16. The number of imidazole rings is 1. The first-order chi connectivity index (χ1) is 8.84. The number of hydrogen-bond acceptors (Lipinski definition) is 4. The quantitative estimate of drug-likeness (QED) is 0.671. The molecule has 0 saturated carbocycles. The highest BCUT2D eigenvalue weighted by Crippen LogP contribution is 2.33. The summed E-state index contributed by atoms with van der Waals surface area (Å²) in [5.41, 5.74) is 0.266. The fraction of sp³-hybridized carbons (Fsp3) is 0.200. The summed E-state index contributed by atoms with van der Waals surface area (Å²) >= 11 is 0. The van der Waals surface area contributed by atoms with Crippen LogP contribution in [0.5, 0.6) is 0 Å². The van der Waals surface area contributed by atoms with Crippen LogP contribution in [0.25, 0.3) is 5.65 Å². The number of ether oxygens (including phenoxy) is 1. The minimum atomic E-state index is -4.49. The van der Waals surface area contributed by atoms with Gasteiger partial charge in [0.25, 0.3) is 0 Å². The van der Waals surface area contributed by atoms with Crippen LogP contribution < -0.4 is 5.44 Å². The Morgan fingerprint density at radius 2 is 2.16 bits per heavy atom. The van der Waals surface area contributed by atoms with E-state index in [-0.39, 0.29) is 11.0 Å². The minimum absolute atomic E-state index is 0.259. The summed E-state index contributed by atoms with van der Waals surface area (Å²) in [6, 6.07) is 2.94. The Labute approximate surface area is 107 Å². The molecule has 0 fully saturated rings. The van der Waals surface area contributed by atoms with Crippen molar-refractivity contribution in [2.75, 3.05) is 7.11 Å². The highest BCUT2D eigenvalue weighted by molar-refractivity contribution is 7.60. The van der Waals surface area contributed by atoms with Crippen LogP contribution >= 0.6 is 7.60 Å². The van der Waals surface area contributed by atoms with Gasteiger partial charge in [-0.25, -0.2) is 9.78 Å². The number of aliphatic carboxylic acids is 1. The van der Waals surface area contributed by atoms with E-state index in [0.29, 0.717) is 5.65 Å². The third-order valence-corrected chi connectivity index (χ3v) is 3.50. The van der Waals surface area contributed by atoms with Crippen LogP contribution in [0.15, 0.2) is 24.5 Å². The molecule has 3 N–H and O–H groups in total. The van der Waals surface area contributed by atoms with Gasteiger partial charge in [0.05, 0.1) is 6.20 Å². The number of pyridine rings is 1. The molecule has 2 aromatic rings. The summed E-state index contributed by atoms with van der Waals surface area (Å²) < 4.78 is 17.3. The standard InChI is InChI=1S/C10H11N2O6P/c1-18-9(10(13)14)6-2-3-7-11-4-8(12(7)5-6)19(15,16)17/h2-5,9H,1H3,(H,13,14)(H2,15,16,17). The highest BCUT2D eigenvalue weighted by atomic mass is 31.2. The molecule has 2 aromatic heterocycles. The van der Waals surface area contributed by atoms with Crippen molar-refractivity contribution >= 4 is 24.6 Å². The second kappa shape index (κ2) is 4.75. The Hall–Kier alpha value is -1.73. The summed E-state index contributed by atoms with van der Waals surface area (Å²) in [5, 5.41) is 8.98. The second-order valence-electron chi connectivity index (χ2n) is 3.81. The van der Waals surface area contributed by atoms with Crippen LogP contribution in [0.2, 0.25) is 0 Å². The van der Waals surface area contributed by atoms with Crippen molar-refractivity contribution in [3.63, 3.8) is 0 Å². The van der Waals surface area contributed by atoms with Gasteiger partial charge in [-0.05, 0) is 6.07 Å². The maximum Gasteiger partial charge on any atom is 0.374 e. The van der Waals surface area contributed by atoms with E-state index in [9.17, 15) is 19.1 Å². The van der Waals surface area contributed by atoms with Crippen molar-refractivity contribution in [2.45, 2.75) is 6.10 Å². The number of fused-ring (bicyclic) bond motifs is 1. The Bertz CT molecular complexity index is 676. The zero-order valence-corrected chi connectivity index (χ0v) is 10.7. The average molecular weight is 286 g/mol. The van der Waals surface area contributed by atoms with Crippen LogP contribution in [-0.2, 0) is 14.1 Å². The molecule has 1 atom stereocenters. The molecule has 0 amide bonds. The molecule has 0 saturated heterocycles. The molecule has 0 aliphatic carbocycles. The number of carboxylic acids is 1. The Morgan fingerprint density at radius 1 is 1.47 bits per heavy atom. The molecular formula is C10H11N2O6P. The Kier molecular flexibility index (Phi) is 3.42. The highest BCUT2D eigenvalue weighted by Gasteiger charge is 2.24. The largest absolute Gasteiger partial charge is 0.479 e. The molecule has 19 heavy (non-hydrogen) atoms. The minimum Gasteiger partial charge on any atom is -0.479 e. The number of hydrogen-bond donors (Lipinski definition) is 3. The summed E-state index contributed by atoms with van der Waals surface area (Å²) in [4.78, 5) is 33.2. The molecule has 1 unspecified atom stereocenters. The first-order valence-corrected chi connectivity index (χ1v) is 6.74. The van der Waals surface area contributed by atoms with Crippen molar-refractivity contribution in [3.8, 4) is 0 Å². The van der Waals surface area contributed by atoms with E-state index in [2.05, 4.69) is 4.98 Å². The van der Waals surface area contributed by atoms with Crippen molar-refractivity contribution in [3.05, 3.63) is 30.1 Å². The number of aromatic nitrogens is 2. The molecule has 0 spiro atoms. The maximum atomic E-state index is 11.3. The predicted octanol–water partition coefficient (Wildman–Crippen LogP) is -0.0906. The monoisotopic (exact) mass is 286 g/mol. The SMILES string of the molecule is COC(C(=O)O)c1ccc2ncc(P(=O)(O)O)n2c1. The van der Waals surface area contributed by atoms with Crippen molar-refractivity contribution in [2.24, 2.45) is 0 Å². The molecular weight excluding hydrogens is 275 g/mol. The summed E-state index contributed by atoms with van der Waals surface area (Å²) in [6.07, 6.45) is 1.14. The first-order valence-electron chi connectivity index (χ1n) is 5.13. The molecule has 2 rings (SSSR count). The fourth-order valence-electron chi connectivity index (χ4n) is 1.73. The van der Waals surface area contributed by atoms with Crippen LogP contribution in [0.3, 0.4) is 0 Å². The predicted molar refractivity (Wildman–Crippen MR) is 64.3 cm³/mol. The van der Waals surface area contributed by atoms with Crippen molar-refractivity contribution < 1.29 is 29.0 Å². The summed E-state index contributed by atoms with van der Waals surface area (Å²) in [7, 11) is -3.25. The van der Waals surface area contributed by atoms with Gasteiger partial charge in [-0.1, -0.05) is 6.07 Å². The van der Waals surface area contributed by atoms with Crippen molar-refractivity contribution in [1.82, 2.24) is 9.38 Å². The zero-order valence-electron chi connectivity index (χ0n) is 9.79. The molecule has 0 radical (unpaired) electrons. The molecule has 0 aliphatic heterocycles. The Morgan fingerprint density at radius 3 is 2.68 bits per heavy atom. The van der Waals surface area contributed by atoms with Gasteiger partial charge in [0.1, 0.15) is 5.65 Å². The van der Waals surface area contributed by atoms with E-state index >= 15 is 0 Å². The number of carbonyl (C=O) groups is 1. The van der Waals surface area contributed by atoms with Gasteiger partial charge < -0.3 is 19.6 Å². The zero-order chi connectivity index (χ0) is 14.2. The van der Waals surface area contributed by atoms with Crippen LogP contribution in [-0.4, -0.2) is 37.4 Å². The lowest BCUT2D eigenvalue weighted by molar-refractivity contribution is -0.148. The lowest BCUT2D eigenvalue weighted by atomic mass is 10.1. The second-order valence-corrected chi connectivity index (χ2v) is 5.35. The molecule has 2 heterocycles. The fourth-order valence-corrected chi connectivity index (χ4v) is 2.38. The maximum absolute atomic E-state index is 11.3. The summed E-state index contributed by atoms with van der Waals surface area (Å²) in [5.74, 6) is -1.19. The van der Waals surface area contributed by atoms with Crippen LogP contribution in [0, 0.1) is 0 Å². The third-order valence-electron chi connectivity index (χ3n) is 2.57. The number of carboxylic acid groups (broad SMARTS) is 1. The lowest BCUT2D eigenvalue weighted by Gasteiger charge is -2.11. The number of rotatable bonds is 4. The van der Waals surface area contributed by atoms with E-state index in [0.717, 1.165) is 10.6 Å². The van der Waals surface area contributed by atoms with E-state index in [1.54, 1.807) is 0 Å². The summed E-state index contributed by atoms with van der Waals surface area (Å²) in [6.45, 7) is 0. The normalized spacial score (nSPS) is 13.6. The number of methoxy groups -OCH3 is 1. The molecule has 0 aliphatic rings. The molecule has 0 bridgehead atoms. The van der Waals surface area contributed by atoms with Gasteiger partial charge in [0.2, 0.25) is 0 Å². The number of nitrogens with zero attached hydrogens (tertiary/aromatic N) is 2. The van der Waals surface area contributed by atoms with Gasteiger partial charge in [-0.3, -0.25) is 8.97 Å². The molecule has 102 valence electrons. The van der Waals surface area contributed by atoms with E-state index < -0.39 is 19.7 Å². The van der Waals surface area contributed by atoms with E-state index in [1.807, 2.05) is 0 Å². The van der Waals surface area contributed by atoms with E-state index in [1.165, 1.54) is 25.4 Å². The molecule has 0 aromatic carbocycles. The van der Waals surface area contributed by atoms with E-state index in [4.69, 9.17) is 9.84 Å². The van der Waals surface area contributed by atoms with Crippen molar-refractivity contribution in [1.29, 1.82) is 0 Å². The van der Waals surface area contributed by atoms with Gasteiger partial charge in [0, 0.05) is 18.9 Å². The van der Waals surface area contributed by atoms with Gasteiger partial charge in [-0.2, -0.15) is 0 Å². The Balaban J connectivity index is 2.62. The first kappa shape index (κ1) is 13.7. The topological polar surface area (TPSA) is 121 Å².